The van der Waals surface area contributed by atoms with Gasteiger partial charge in [-0.25, -0.2) is 4.98 Å². The Morgan fingerprint density at radius 2 is 1.81 bits per heavy atom. The van der Waals surface area contributed by atoms with Crippen LogP contribution in [0.3, 0.4) is 0 Å². The molecule has 2 aromatic carbocycles. The number of rotatable bonds is 7. The fourth-order valence-corrected chi connectivity index (χ4v) is 3.35. The fraction of sp³-hybridized carbons (Fsp3) is 0.348. The van der Waals surface area contributed by atoms with Gasteiger partial charge < -0.3 is 20.1 Å². The van der Waals surface area contributed by atoms with Crippen LogP contribution in [0, 0.1) is 6.92 Å². The number of guanidine groups is 1. The number of nitrogens with one attached hydrogen (secondary N) is 2. The average molecular weight is 534 g/mol. The Kier molecular flexibility index (Phi) is 9.29. The first-order valence-corrected chi connectivity index (χ1v) is 10.2. The molecular weight excluding hydrogens is 503 g/mol. The van der Waals surface area contributed by atoms with Crippen molar-refractivity contribution in [3.63, 3.8) is 0 Å². The van der Waals surface area contributed by atoms with Crippen molar-refractivity contribution in [3.8, 4) is 0 Å². The van der Waals surface area contributed by atoms with Crippen molar-refractivity contribution in [2.75, 3.05) is 27.7 Å². The number of carbonyl (C=O) groups is 1. The number of amides is 1. The van der Waals surface area contributed by atoms with Gasteiger partial charge in [-0.3, -0.25) is 9.79 Å². The largest absolute Gasteiger partial charge is 0.356 e. The zero-order chi connectivity index (χ0) is 21.5. The van der Waals surface area contributed by atoms with E-state index in [1.165, 1.54) is 5.52 Å². The number of carbonyl (C=O) groups excluding carboxylic acids is 1. The summed E-state index contributed by atoms with van der Waals surface area (Å²) < 4.78 is 2.25. The normalized spacial score (nSPS) is 11.2. The maximum Gasteiger partial charge on any atom is 0.253 e. The molecule has 0 atom stereocenters. The summed E-state index contributed by atoms with van der Waals surface area (Å²) in [4.78, 5) is 22.4. The second-order valence-corrected chi connectivity index (χ2v) is 7.40. The van der Waals surface area contributed by atoms with Gasteiger partial charge in [0.05, 0.1) is 11.0 Å². The van der Waals surface area contributed by atoms with Crippen molar-refractivity contribution >= 4 is 46.9 Å². The summed E-state index contributed by atoms with van der Waals surface area (Å²) in [6, 6.07) is 15.9. The number of nitrogens with zero attached hydrogens (tertiary/aromatic N) is 4. The maximum absolute atomic E-state index is 12.0. The van der Waals surface area contributed by atoms with Gasteiger partial charge in [0.2, 0.25) is 0 Å². The number of imidazole rings is 1. The Bertz CT molecular complexity index is 1030. The van der Waals surface area contributed by atoms with Crippen molar-refractivity contribution in [1.82, 2.24) is 25.1 Å². The van der Waals surface area contributed by atoms with Crippen molar-refractivity contribution in [2.24, 2.45) is 4.99 Å². The second kappa shape index (κ2) is 11.7. The molecular formula is C23H31IN6O. The molecule has 0 unspecified atom stereocenters. The summed E-state index contributed by atoms with van der Waals surface area (Å²) in [5.41, 5.74) is 4.00. The van der Waals surface area contributed by atoms with E-state index >= 15 is 0 Å². The first-order chi connectivity index (χ1) is 14.5. The second-order valence-electron chi connectivity index (χ2n) is 7.40. The zero-order valence-corrected chi connectivity index (χ0v) is 20.9. The Morgan fingerprint density at radius 3 is 2.48 bits per heavy atom. The molecule has 31 heavy (non-hydrogen) atoms. The molecule has 0 saturated carbocycles. The van der Waals surface area contributed by atoms with Crippen LogP contribution < -0.4 is 10.6 Å². The number of hydrogen-bond donors (Lipinski definition) is 2. The highest BCUT2D eigenvalue weighted by molar-refractivity contribution is 14.0. The topological polar surface area (TPSA) is 74.5 Å². The lowest BCUT2D eigenvalue weighted by Gasteiger charge is -2.13. The van der Waals surface area contributed by atoms with Crippen LogP contribution in [-0.2, 0) is 13.1 Å². The van der Waals surface area contributed by atoms with E-state index in [2.05, 4.69) is 31.2 Å². The van der Waals surface area contributed by atoms with Crippen LogP contribution in [0.15, 0.2) is 53.5 Å². The molecule has 1 heterocycles. The number of aromatic nitrogens is 2. The number of fused-ring (bicyclic) bond motifs is 1. The molecule has 3 aromatic rings. The standard InChI is InChI=1S/C23H30N6O.HI/c1-17-27-20-8-5-6-9-21(20)29(17)15-7-14-25-23(24-2)26-16-18-10-12-19(13-11-18)22(30)28(3)4;/h5-6,8-13H,7,14-16H2,1-4H3,(H2,24,25,26);1H. The summed E-state index contributed by atoms with van der Waals surface area (Å²) in [6.07, 6.45) is 0.962. The van der Waals surface area contributed by atoms with Gasteiger partial charge in [0.1, 0.15) is 5.82 Å². The average Bonchev–Trinajstić information content (AvgIpc) is 3.08. The number of aliphatic imine (C=N–C) groups is 1. The number of aryl methyl sites for hydroxylation is 2. The molecule has 1 amide bonds. The third-order valence-electron chi connectivity index (χ3n) is 4.99. The lowest BCUT2D eigenvalue weighted by molar-refractivity contribution is 0.0827. The van der Waals surface area contributed by atoms with Gasteiger partial charge in [0.15, 0.2) is 5.96 Å². The van der Waals surface area contributed by atoms with Crippen LogP contribution in [0.25, 0.3) is 11.0 Å². The van der Waals surface area contributed by atoms with Crippen LogP contribution in [0.5, 0.6) is 0 Å². The van der Waals surface area contributed by atoms with Crippen molar-refractivity contribution in [2.45, 2.75) is 26.4 Å². The minimum atomic E-state index is 0. The first-order valence-electron chi connectivity index (χ1n) is 10.2. The monoisotopic (exact) mass is 534 g/mol. The van der Waals surface area contributed by atoms with E-state index in [1.807, 2.05) is 49.4 Å². The maximum atomic E-state index is 12.0. The van der Waals surface area contributed by atoms with E-state index in [9.17, 15) is 4.79 Å². The molecule has 1 aromatic heterocycles. The smallest absolute Gasteiger partial charge is 0.253 e. The van der Waals surface area contributed by atoms with Gasteiger partial charge >= 0.3 is 0 Å². The van der Waals surface area contributed by atoms with E-state index in [0.29, 0.717) is 12.1 Å². The Labute approximate surface area is 201 Å². The molecule has 8 heteroatoms. The van der Waals surface area contributed by atoms with E-state index < -0.39 is 0 Å². The van der Waals surface area contributed by atoms with Crippen molar-refractivity contribution < 1.29 is 4.79 Å². The molecule has 0 radical (unpaired) electrons. The molecule has 2 N–H and O–H groups in total. The highest BCUT2D eigenvalue weighted by Crippen LogP contribution is 2.15. The zero-order valence-electron chi connectivity index (χ0n) is 18.6. The lowest BCUT2D eigenvalue weighted by atomic mass is 10.1. The van der Waals surface area contributed by atoms with E-state index in [-0.39, 0.29) is 29.9 Å². The summed E-state index contributed by atoms with van der Waals surface area (Å²) in [5, 5.41) is 6.67. The Hall–Kier alpha value is -2.62. The first kappa shape index (κ1) is 24.6. The Balaban J connectivity index is 0.00000341. The van der Waals surface area contributed by atoms with Gasteiger partial charge in [-0.2, -0.15) is 0 Å². The van der Waals surface area contributed by atoms with Crippen LogP contribution in [0.2, 0.25) is 0 Å². The summed E-state index contributed by atoms with van der Waals surface area (Å²) in [5.74, 6) is 1.80. The minimum absolute atomic E-state index is 0. The highest BCUT2D eigenvalue weighted by Gasteiger charge is 2.08. The number of halogens is 1. The van der Waals surface area contributed by atoms with E-state index in [4.69, 9.17) is 0 Å². The number of para-hydroxylation sites is 2. The molecule has 0 fully saturated rings. The van der Waals surface area contributed by atoms with Crippen molar-refractivity contribution in [3.05, 3.63) is 65.5 Å². The van der Waals surface area contributed by atoms with Crippen LogP contribution in [0.1, 0.15) is 28.2 Å². The van der Waals surface area contributed by atoms with E-state index in [1.54, 1.807) is 26.0 Å². The van der Waals surface area contributed by atoms with Crippen LogP contribution in [0.4, 0.5) is 0 Å². The quantitative estimate of drug-likeness (QED) is 0.211. The molecule has 0 aliphatic carbocycles. The minimum Gasteiger partial charge on any atom is -0.356 e. The van der Waals surface area contributed by atoms with Gasteiger partial charge in [0, 0.05) is 46.3 Å². The Morgan fingerprint density at radius 1 is 1.10 bits per heavy atom. The van der Waals surface area contributed by atoms with E-state index in [0.717, 1.165) is 42.4 Å². The third-order valence-corrected chi connectivity index (χ3v) is 4.99. The lowest BCUT2D eigenvalue weighted by Crippen LogP contribution is -2.37. The summed E-state index contributed by atoms with van der Waals surface area (Å²) in [7, 11) is 5.27. The third kappa shape index (κ3) is 6.43. The predicted molar refractivity (Wildman–Crippen MR) is 137 cm³/mol. The SMILES string of the molecule is CN=C(NCCCn1c(C)nc2ccccc21)NCc1ccc(C(=O)N(C)C)cc1.I. The summed E-state index contributed by atoms with van der Waals surface area (Å²) >= 11 is 0. The highest BCUT2D eigenvalue weighted by atomic mass is 127. The van der Waals surface area contributed by atoms with Gasteiger partial charge in [0.25, 0.3) is 5.91 Å². The molecule has 166 valence electrons. The fourth-order valence-electron chi connectivity index (χ4n) is 3.35. The molecule has 0 aliphatic heterocycles. The summed E-state index contributed by atoms with van der Waals surface area (Å²) in [6.45, 7) is 4.40. The molecule has 3 rings (SSSR count). The molecule has 0 saturated heterocycles. The number of hydrogen-bond acceptors (Lipinski definition) is 3. The van der Waals surface area contributed by atoms with Gasteiger partial charge in [-0.1, -0.05) is 24.3 Å². The predicted octanol–water partition coefficient (Wildman–Crippen LogP) is 3.42. The van der Waals surface area contributed by atoms with Crippen LogP contribution in [-0.4, -0.2) is 54.0 Å². The molecule has 0 spiro atoms. The molecule has 0 aliphatic rings. The van der Waals surface area contributed by atoms with Gasteiger partial charge in [-0.15, -0.1) is 24.0 Å². The number of benzene rings is 2. The van der Waals surface area contributed by atoms with Crippen LogP contribution >= 0.6 is 24.0 Å². The molecule has 0 bridgehead atoms. The van der Waals surface area contributed by atoms with Crippen molar-refractivity contribution in [1.29, 1.82) is 0 Å². The van der Waals surface area contributed by atoms with Gasteiger partial charge in [-0.05, 0) is 43.2 Å². The molecule has 7 nitrogen and oxygen atoms in total.